The third-order valence-electron chi connectivity index (χ3n) is 2.91. The Balaban J connectivity index is 2.80. The van der Waals surface area contributed by atoms with Crippen LogP contribution in [0.2, 0.25) is 5.02 Å². The largest absolute Gasteiger partial charge is 0.460 e. The SMILES string of the molecule is Cc1c(C[C@@H](C)C(=O)OC(C)(C)C)ccc(Cl)c1N. The molecule has 0 saturated heterocycles. The summed E-state index contributed by atoms with van der Waals surface area (Å²) < 4.78 is 5.37. The van der Waals surface area contributed by atoms with Crippen LogP contribution in [-0.2, 0) is 16.0 Å². The molecule has 0 amide bonds. The quantitative estimate of drug-likeness (QED) is 0.679. The molecule has 1 rings (SSSR count). The lowest BCUT2D eigenvalue weighted by Crippen LogP contribution is -2.28. The molecule has 1 aromatic carbocycles. The molecule has 0 fully saturated rings. The van der Waals surface area contributed by atoms with Crippen molar-refractivity contribution in [3.8, 4) is 0 Å². The third kappa shape index (κ3) is 4.43. The third-order valence-corrected chi connectivity index (χ3v) is 3.24. The van der Waals surface area contributed by atoms with Gasteiger partial charge in [0, 0.05) is 0 Å². The van der Waals surface area contributed by atoms with Crippen molar-refractivity contribution in [1.82, 2.24) is 0 Å². The Morgan fingerprint density at radius 3 is 2.53 bits per heavy atom. The number of hydrogen-bond donors (Lipinski definition) is 1. The highest BCUT2D eigenvalue weighted by Gasteiger charge is 2.22. The lowest BCUT2D eigenvalue weighted by atomic mass is 9.96. The molecule has 0 spiro atoms. The van der Waals surface area contributed by atoms with Gasteiger partial charge in [-0.3, -0.25) is 4.79 Å². The maximum absolute atomic E-state index is 11.9. The molecule has 3 nitrogen and oxygen atoms in total. The molecule has 106 valence electrons. The number of nitrogens with two attached hydrogens (primary N) is 1. The molecule has 0 aromatic heterocycles. The van der Waals surface area contributed by atoms with Crippen molar-refractivity contribution in [3.63, 3.8) is 0 Å². The van der Waals surface area contributed by atoms with E-state index in [4.69, 9.17) is 22.1 Å². The summed E-state index contributed by atoms with van der Waals surface area (Å²) in [5.74, 6) is -0.404. The van der Waals surface area contributed by atoms with Gasteiger partial charge in [0.05, 0.1) is 16.6 Å². The van der Waals surface area contributed by atoms with E-state index in [9.17, 15) is 4.79 Å². The van der Waals surface area contributed by atoms with Crippen molar-refractivity contribution in [2.75, 3.05) is 5.73 Å². The molecule has 2 N–H and O–H groups in total. The van der Waals surface area contributed by atoms with Crippen molar-refractivity contribution in [1.29, 1.82) is 0 Å². The van der Waals surface area contributed by atoms with Crippen LogP contribution in [-0.4, -0.2) is 11.6 Å². The lowest BCUT2D eigenvalue weighted by molar-refractivity contribution is -0.159. The van der Waals surface area contributed by atoms with Crippen LogP contribution < -0.4 is 5.73 Å². The Morgan fingerprint density at radius 1 is 1.42 bits per heavy atom. The van der Waals surface area contributed by atoms with E-state index in [1.165, 1.54) is 0 Å². The first-order chi connectivity index (χ1) is 8.61. The van der Waals surface area contributed by atoms with Crippen LogP contribution in [0.15, 0.2) is 12.1 Å². The van der Waals surface area contributed by atoms with E-state index in [1.807, 2.05) is 40.7 Å². The van der Waals surface area contributed by atoms with Crippen LogP contribution in [0.1, 0.15) is 38.8 Å². The highest BCUT2D eigenvalue weighted by atomic mass is 35.5. The number of rotatable bonds is 3. The highest BCUT2D eigenvalue weighted by molar-refractivity contribution is 6.33. The number of nitrogen functional groups attached to an aromatic ring is 1. The summed E-state index contributed by atoms with van der Waals surface area (Å²) in [7, 11) is 0. The standard InChI is InChI=1S/C15H22ClNO2/c1-9(14(18)19-15(3,4)5)8-11-6-7-12(16)13(17)10(11)2/h6-7,9H,8,17H2,1-5H3/t9-/m1/s1. The first-order valence-corrected chi connectivity index (χ1v) is 6.76. The van der Waals surface area contributed by atoms with Gasteiger partial charge in [0.25, 0.3) is 0 Å². The number of hydrogen-bond acceptors (Lipinski definition) is 3. The molecule has 0 heterocycles. The van der Waals surface area contributed by atoms with Gasteiger partial charge in [-0.25, -0.2) is 0 Å². The van der Waals surface area contributed by atoms with Gasteiger partial charge in [-0.1, -0.05) is 24.6 Å². The molecule has 0 unspecified atom stereocenters. The number of carbonyl (C=O) groups is 1. The average Bonchev–Trinajstić information content (AvgIpc) is 2.27. The van der Waals surface area contributed by atoms with E-state index in [1.54, 1.807) is 6.07 Å². The Hall–Kier alpha value is -1.22. The first kappa shape index (κ1) is 15.8. The molecule has 0 bridgehead atoms. The van der Waals surface area contributed by atoms with Crippen LogP contribution in [0.4, 0.5) is 5.69 Å². The monoisotopic (exact) mass is 283 g/mol. The highest BCUT2D eigenvalue weighted by Crippen LogP contribution is 2.27. The molecule has 19 heavy (non-hydrogen) atoms. The minimum absolute atomic E-state index is 0.194. The van der Waals surface area contributed by atoms with Crippen molar-refractivity contribution in [2.45, 2.75) is 46.6 Å². The van der Waals surface area contributed by atoms with E-state index in [2.05, 4.69) is 0 Å². The summed E-state index contributed by atoms with van der Waals surface area (Å²) >= 11 is 5.96. The van der Waals surface area contributed by atoms with Crippen LogP contribution in [0.25, 0.3) is 0 Å². The number of halogens is 1. The molecule has 0 radical (unpaired) electrons. The average molecular weight is 284 g/mol. The molecule has 0 aliphatic rings. The topological polar surface area (TPSA) is 52.3 Å². The van der Waals surface area contributed by atoms with Gasteiger partial charge in [0.1, 0.15) is 5.60 Å². The predicted molar refractivity (Wildman–Crippen MR) is 79.3 cm³/mol. The zero-order chi connectivity index (χ0) is 14.8. The zero-order valence-corrected chi connectivity index (χ0v) is 13.0. The molecule has 0 aliphatic carbocycles. The second kappa shape index (κ2) is 5.83. The Bertz CT molecular complexity index is 478. The molecule has 0 saturated carbocycles. The minimum atomic E-state index is -0.459. The number of esters is 1. The summed E-state index contributed by atoms with van der Waals surface area (Å²) in [4.78, 5) is 11.9. The smallest absolute Gasteiger partial charge is 0.309 e. The summed E-state index contributed by atoms with van der Waals surface area (Å²) in [6.07, 6.45) is 0.599. The van der Waals surface area contributed by atoms with Crippen LogP contribution in [0.3, 0.4) is 0 Å². The van der Waals surface area contributed by atoms with Gasteiger partial charge in [-0.2, -0.15) is 0 Å². The van der Waals surface area contributed by atoms with Crippen molar-refractivity contribution in [3.05, 3.63) is 28.3 Å². The summed E-state index contributed by atoms with van der Waals surface area (Å²) in [6, 6.07) is 3.68. The maximum Gasteiger partial charge on any atom is 0.309 e. The van der Waals surface area contributed by atoms with Gasteiger partial charge < -0.3 is 10.5 Å². The Labute approximate surface area is 120 Å². The van der Waals surface area contributed by atoms with E-state index in [0.29, 0.717) is 17.1 Å². The molecular weight excluding hydrogens is 262 g/mol. The second-order valence-electron chi connectivity index (χ2n) is 5.88. The van der Waals surface area contributed by atoms with Crippen LogP contribution in [0.5, 0.6) is 0 Å². The van der Waals surface area contributed by atoms with Gasteiger partial charge in [0.15, 0.2) is 0 Å². The van der Waals surface area contributed by atoms with Crippen molar-refractivity contribution < 1.29 is 9.53 Å². The normalized spacial score (nSPS) is 13.2. The minimum Gasteiger partial charge on any atom is -0.460 e. The zero-order valence-electron chi connectivity index (χ0n) is 12.2. The van der Waals surface area contributed by atoms with Gasteiger partial charge in [-0.15, -0.1) is 0 Å². The van der Waals surface area contributed by atoms with E-state index in [0.717, 1.165) is 11.1 Å². The predicted octanol–water partition coefficient (Wildman–Crippen LogP) is 3.75. The number of carbonyl (C=O) groups excluding carboxylic acids is 1. The van der Waals surface area contributed by atoms with Gasteiger partial charge in [-0.05, 0) is 51.3 Å². The molecule has 1 aromatic rings. The lowest BCUT2D eigenvalue weighted by Gasteiger charge is -2.22. The van der Waals surface area contributed by atoms with Crippen LogP contribution in [0, 0.1) is 12.8 Å². The fourth-order valence-corrected chi connectivity index (χ4v) is 1.98. The molecule has 4 heteroatoms. The molecule has 1 atom stereocenters. The van der Waals surface area contributed by atoms with E-state index >= 15 is 0 Å². The fourth-order valence-electron chi connectivity index (χ4n) is 1.78. The van der Waals surface area contributed by atoms with Crippen molar-refractivity contribution in [2.24, 2.45) is 5.92 Å². The first-order valence-electron chi connectivity index (χ1n) is 6.38. The molecular formula is C15H22ClNO2. The number of ether oxygens (including phenoxy) is 1. The van der Waals surface area contributed by atoms with Gasteiger partial charge >= 0.3 is 5.97 Å². The summed E-state index contributed by atoms with van der Waals surface area (Å²) in [5.41, 5.74) is 7.97. The van der Waals surface area contributed by atoms with Gasteiger partial charge in [0.2, 0.25) is 0 Å². The Kier molecular flexibility index (Phi) is 4.86. The summed E-state index contributed by atoms with van der Waals surface area (Å²) in [6.45, 7) is 9.37. The number of anilines is 1. The van der Waals surface area contributed by atoms with E-state index in [-0.39, 0.29) is 11.9 Å². The second-order valence-corrected chi connectivity index (χ2v) is 6.29. The number of benzene rings is 1. The van der Waals surface area contributed by atoms with E-state index < -0.39 is 5.60 Å². The fraction of sp³-hybridized carbons (Fsp3) is 0.533. The van der Waals surface area contributed by atoms with Crippen LogP contribution >= 0.6 is 11.6 Å². The van der Waals surface area contributed by atoms with Crippen molar-refractivity contribution >= 4 is 23.3 Å². The molecule has 0 aliphatic heterocycles. The summed E-state index contributed by atoms with van der Waals surface area (Å²) in [5, 5.41) is 0.547. The maximum atomic E-state index is 11.9. The Morgan fingerprint density at radius 2 is 2.00 bits per heavy atom.